The molecule has 2 aromatic carbocycles. The van der Waals surface area contributed by atoms with Gasteiger partial charge in [-0.15, -0.1) is 0 Å². The van der Waals surface area contributed by atoms with Crippen LogP contribution < -0.4 is 14.4 Å². The number of hydrogen-bond acceptors (Lipinski definition) is 5. The second-order valence-electron chi connectivity index (χ2n) is 9.92. The van der Waals surface area contributed by atoms with Gasteiger partial charge >= 0.3 is 0 Å². The van der Waals surface area contributed by atoms with Gasteiger partial charge in [0.1, 0.15) is 11.8 Å². The largest absolute Gasteiger partial charge is 0.497 e. The smallest absolute Gasteiger partial charge is 0.243 e. The highest BCUT2D eigenvalue weighted by molar-refractivity contribution is 7.92. The lowest BCUT2D eigenvalue weighted by molar-refractivity contribution is -0.142. The molecule has 1 N–H and O–H groups in total. The van der Waals surface area contributed by atoms with E-state index in [2.05, 4.69) is 5.32 Å². The van der Waals surface area contributed by atoms with Crippen LogP contribution in [0.25, 0.3) is 0 Å². The zero-order chi connectivity index (χ0) is 27.8. The average molecular weight is 552 g/mol. The fourth-order valence-corrected chi connectivity index (χ4v) is 5.10. The first kappa shape index (κ1) is 30.4. The Kier molecular flexibility index (Phi) is 10.8. The molecule has 10 heteroatoms. The molecule has 204 valence electrons. The van der Waals surface area contributed by atoms with Gasteiger partial charge < -0.3 is 15.0 Å². The van der Waals surface area contributed by atoms with E-state index in [1.807, 2.05) is 39.8 Å². The van der Waals surface area contributed by atoms with Gasteiger partial charge in [-0.2, -0.15) is 0 Å². The second kappa shape index (κ2) is 13.1. The number of benzene rings is 2. The number of carbonyl (C=O) groups excluding carboxylic acids is 2. The predicted octanol–water partition coefficient (Wildman–Crippen LogP) is 4.62. The molecule has 0 saturated heterocycles. The fourth-order valence-electron chi connectivity index (χ4n) is 3.95. The Morgan fingerprint density at radius 2 is 1.78 bits per heavy atom. The van der Waals surface area contributed by atoms with Gasteiger partial charge in [-0.3, -0.25) is 13.9 Å². The topological polar surface area (TPSA) is 96.0 Å². The summed E-state index contributed by atoms with van der Waals surface area (Å²) in [6.45, 7) is 7.78. The Labute approximate surface area is 226 Å². The quantitative estimate of drug-likeness (QED) is 0.415. The van der Waals surface area contributed by atoms with Crippen molar-refractivity contribution in [2.75, 3.05) is 24.2 Å². The molecular formula is C27H38ClN3O5S. The molecule has 2 aromatic rings. The van der Waals surface area contributed by atoms with Crippen LogP contribution in [0.15, 0.2) is 48.5 Å². The number of halogens is 1. The number of hydrogen-bond donors (Lipinski definition) is 1. The van der Waals surface area contributed by atoms with E-state index < -0.39 is 21.6 Å². The van der Waals surface area contributed by atoms with E-state index >= 15 is 0 Å². The maximum Gasteiger partial charge on any atom is 0.243 e. The predicted molar refractivity (Wildman–Crippen MR) is 148 cm³/mol. The number of carbonyl (C=O) groups is 2. The van der Waals surface area contributed by atoms with E-state index in [9.17, 15) is 18.0 Å². The Bertz CT molecular complexity index is 1180. The van der Waals surface area contributed by atoms with Gasteiger partial charge in [0, 0.05) is 36.1 Å². The molecule has 1 unspecified atom stereocenters. The Morgan fingerprint density at radius 1 is 1.11 bits per heavy atom. The van der Waals surface area contributed by atoms with Crippen LogP contribution in [0, 0.1) is 0 Å². The number of rotatable bonds is 12. The van der Waals surface area contributed by atoms with Crippen LogP contribution in [-0.2, 0) is 26.2 Å². The molecule has 0 aliphatic rings. The molecule has 2 rings (SSSR count). The first-order valence-electron chi connectivity index (χ1n) is 12.2. The number of nitrogens with zero attached hydrogens (tertiary/aromatic N) is 2. The van der Waals surface area contributed by atoms with Crippen LogP contribution in [-0.4, -0.2) is 56.6 Å². The van der Waals surface area contributed by atoms with Gasteiger partial charge in [-0.1, -0.05) is 42.8 Å². The normalized spacial score (nSPS) is 12.5. The van der Waals surface area contributed by atoms with Crippen LogP contribution >= 0.6 is 11.6 Å². The molecule has 0 aliphatic heterocycles. The third-order valence-corrected chi connectivity index (χ3v) is 7.24. The molecule has 2 amide bonds. The van der Waals surface area contributed by atoms with Crippen molar-refractivity contribution in [3.05, 3.63) is 59.1 Å². The number of nitrogens with one attached hydrogen (secondary N) is 1. The summed E-state index contributed by atoms with van der Waals surface area (Å²) in [4.78, 5) is 28.2. The Hall–Kier alpha value is -2.78. The summed E-state index contributed by atoms with van der Waals surface area (Å²) < 4.78 is 31.5. The summed E-state index contributed by atoms with van der Waals surface area (Å²) in [5.41, 5.74) is 0.725. The molecule has 8 nitrogen and oxygen atoms in total. The third-order valence-electron chi connectivity index (χ3n) is 5.68. The van der Waals surface area contributed by atoms with Crippen molar-refractivity contribution in [2.45, 2.75) is 65.1 Å². The molecule has 0 saturated carbocycles. The van der Waals surface area contributed by atoms with E-state index in [4.69, 9.17) is 16.3 Å². The van der Waals surface area contributed by atoms with Crippen LogP contribution in [0.3, 0.4) is 0 Å². The molecule has 0 radical (unpaired) electrons. The minimum absolute atomic E-state index is 0.0553. The zero-order valence-corrected chi connectivity index (χ0v) is 24.0. The van der Waals surface area contributed by atoms with Crippen molar-refractivity contribution in [3.8, 4) is 5.75 Å². The highest BCUT2D eigenvalue weighted by atomic mass is 35.5. The van der Waals surface area contributed by atoms with Gasteiger partial charge in [-0.25, -0.2) is 8.42 Å². The maximum absolute atomic E-state index is 13.5. The number of sulfonamides is 1. The summed E-state index contributed by atoms with van der Waals surface area (Å²) in [5, 5.41) is 3.47. The number of methoxy groups -OCH3 is 1. The first-order valence-corrected chi connectivity index (χ1v) is 14.5. The Morgan fingerprint density at radius 3 is 2.35 bits per heavy atom. The van der Waals surface area contributed by atoms with Gasteiger partial charge in [0.05, 0.1) is 19.1 Å². The molecule has 0 bridgehead atoms. The number of ether oxygens (including phenoxy) is 1. The monoisotopic (exact) mass is 551 g/mol. The molecule has 0 fully saturated rings. The van der Waals surface area contributed by atoms with E-state index in [0.717, 1.165) is 11.8 Å². The third kappa shape index (κ3) is 9.23. The maximum atomic E-state index is 13.5. The van der Waals surface area contributed by atoms with Crippen molar-refractivity contribution in [1.82, 2.24) is 10.2 Å². The number of amides is 2. The van der Waals surface area contributed by atoms with Gasteiger partial charge in [0.15, 0.2) is 0 Å². The summed E-state index contributed by atoms with van der Waals surface area (Å²) in [5.74, 6) is 0.0308. The summed E-state index contributed by atoms with van der Waals surface area (Å²) in [6.07, 6.45) is 1.86. The minimum atomic E-state index is -3.60. The molecule has 0 aliphatic carbocycles. The van der Waals surface area contributed by atoms with Crippen LogP contribution in [0.2, 0.25) is 5.02 Å². The standard InChI is InChI=1S/C27H38ClN3O5S/c1-7-24(26(33)29-27(2,3)4)30(19-20-12-8-9-15-23(20)28)25(32)16-11-17-31(37(6,34)35)21-13-10-14-22(18-21)36-5/h8-10,12-15,18,24H,7,11,16-17,19H2,1-6H3,(H,29,33). The molecule has 0 spiro atoms. The second-order valence-corrected chi connectivity index (χ2v) is 12.2. The molecule has 37 heavy (non-hydrogen) atoms. The van der Waals surface area contributed by atoms with Crippen molar-refractivity contribution >= 4 is 39.1 Å². The molecule has 1 atom stereocenters. The fraction of sp³-hybridized carbons (Fsp3) is 0.481. The molecular weight excluding hydrogens is 514 g/mol. The average Bonchev–Trinajstić information content (AvgIpc) is 2.80. The SMILES string of the molecule is CCC(C(=O)NC(C)(C)C)N(Cc1ccccc1Cl)C(=O)CCCN(c1cccc(OC)c1)S(C)(=O)=O. The number of anilines is 1. The van der Waals surface area contributed by atoms with E-state index in [0.29, 0.717) is 22.9 Å². The highest BCUT2D eigenvalue weighted by Gasteiger charge is 2.31. The lowest BCUT2D eigenvalue weighted by atomic mass is 10.0. The van der Waals surface area contributed by atoms with Crippen molar-refractivity contribution in [2.24, 2.45) is 0 Å². The van der Waals surface area contributed by atoms with Crippen molar-refractivity contribution in [3.63, 3.8) is 0 Å². The zero-order valence-electron chi connectivity index (χ0n) is 22.5. The summed E-state index contributed by atoms with van der Waals surface area (Å²) >= 11 is 6.37. The van der Waals surface area contributed by atoms with E-state index in [1.165, 1.54) is 11.4 Å². The van der Waals surface area contributed by atoms with Crippen LogP contribution in [0.5, 0.6) is 5.75 Å². The molecule has 0 heterocycles. The van der Waals surface area contributed by atoms with Crippen molar-refractivity contribution in [1.29, 1.82) is 0 Å². The van der Waals surface area contributed by atoms with Gasteiger partial charge in [-0.05, 0) is 57.4 Å². The lowest BCUT2D eigenvalue weighted by Gasteiger charge is -2.33. The van der Waals surface area contributed by atoms with Crippen LogP contribution in [0.4, 0.5) is 5.69 Å². The minimum Gasteiger partial charge on any atom is -0.497 e. The van der Waals surface area contributed by atoms with E-state index in [1.54, 1.807) is 41.3 Å². The highest BCUT2D eigenvalue weighted by Crippen LogP contribution is 2.25. The van der Waals surface area contributed by atoms with Gasteiger partial charge in [0.25, 0.3) is 0 Å². The van der Waals surface area contributed by atoms with Crippen molar-refractivity contribution < 1.29 is 22.7 Å². The Balaban J connectivity index is 2.26. The first-order chi connectivity index (χ1) is 17.3. The van der Waals surface area contributed by atoms with E-state index in [-0.39, 0.29) is 37.7 Å². The lowest BCUT2D eigenvalue weighted by Crippen LogP contribution is -2.53. The van der Waals surface area contributed by atoms with Crippen LogP contribution in [0.1, 0.15) is 52.5 Å². The summed E-state index contributed by atoms with van der Waals surface area (Å²) in [7, 11) is -2.09. The van der Waals surface area contributed by atoms with Gasteiger partial charge in [0.2, 0.25) is 21.8 Å². The summed E-state index contributed by atoms with van der Waals surface area (Å²) in [6, 6.07) is 13.3. The molecule has 0 aromatic heterocycles.